The van der Waals surface area contributed by atoms with Gasteiger partial charge in [-0.1, -0.05) is 12.1 Å². The summed E-state index contributed by atoms with van der Waals surface area (Å²) in [6.45, 7) is 6.02. The van der Waals surface area contributed by atoms with E-state index < -0.39 is 6.10 Å². The van der Waals surface area contributed by atoms with Crippen LogP contribution in [0.3, 0.4) is 0 Å². The summed E-state index contributed by atoms with van der Waals surface area (Å²) in [5.41, 5.74) is 4.12. The zero-order valence-electron chi connectivity index (χ0n) is 15.4. The summed E-state index contributed by atoms with van der Waals surface area (Å²) in [6, 6.07) is 15.0. The average Bonchev–Trinajstić information content (AvgIpc) is 3.12. The van der Waals surface area contributed by atoms with E-state index in [1.54, 1.807) is 31.2 Å². The van der Waals surface area contributed by atoms with Crippen LogP contribution in [-0.4, -0.2) is 29.3 Å². The molecule has 0 saturated heterocycles. The molecule has 0 aliphatic rings. The van der Waals surface area contributed by atoms with E-state index in [9.17, 15) is 4.79 Å². The molecule has 0 aliphatic carbocycles. The Bertz CT molecular complexity index is 918. The zero-order valence-corrected chi connectivity index (χ0v) is 16.2. The van der Waals surface area contributed by atoms with Crippen LogP contribution in [0.25, 0.3) is 10.2 Å². The Morgan fingerprint density at radius 2 is 1.89 bits per heavy atom. The van der Waals surface area contributed by atoms with Crippen LogP contribution in [0.2, 0.25) is 0 Å². The number of para-hydroxylation sites is 1. The van der Waals surface area contributed by atoms with Gasteiger partial charge < -0.3 is 9.47 Å². The summed E-state index contributed by atoms with van der Waals surface area (Å²) in [5, 5.41) is 4.93. The van der Waals surface area contributed by atoms with Crippen molar-refractivity contribution < 1.29 is 14.3 Å². The predicted molar refractivity (Wildman–Crippen MR) is 108 cm³/mol. The van der Waals surface area contributed by atoms with Gasteiger partial charge in [-0.05, 0) is 57.2 Å². The standard InChI is InChI=1S/C20H21N3O3S/c1-4-25-15-9-11-16(12-10-15)26-14(3)19(24)23-22-13(2)20-21-17-7-5-6-8-18(17)27-20/h5-12,14H,4H2,1-3H3,(H,23,24)/b22-13-/t14-/m0/s1. The number of fused-ring (bicyclic) bond motifs is 1. The number of carbonyl (C=O) groups excluding carboxylic acids is 1. The molecule has 0 spiro atoms. The molecular formula is C20H21N3O3S. The molecule has 1 heterocycles. The van der Waals surface area contributed by atoms with E-state index in [2.05, 4.69) is 15.5 Å². The van der Waals surface area contributed by atoms with E-state index in [1.807, 2.05) is 38.1 Å². The third-order valence-corrected chi connectivity index (χ3v) is 4.90. The molecule has 1 amide bonds. The lowest BCUT2D eigenvalue weighted by molar-refractivity contribution is -0.127. The third kappa shape index (κ3) is 4.83. The maximum atomic E-state index is 12.2. The first-order valence-electron chi connectivity index (χ1n) is 8.66. The van der Waals surface area contributed by atoms with Crippen molar-refractivity contribution in [1.82, 2.24) is 10.4 Å². The average molecular weight is 383 g/mol. The van der Waals surface area contributed by atoms with Crippen LogP contribution < -0.4 is 14.9 Å². The van der Waals surface area contributed by atoms with Crippen molar-refractivity contribution in [3.8, 4) is 11.5 Å². The van der Waals surface area contributed by atoms with Crippen molar-refractivity contribution in [2.24, 2.45) is 5.10 Å². The summed E-state index contributed by atoms with van der Waals surface area (Å²) in [7, 11) is 0. The highest BCUT2D eigenvalue weighted by Gasteiger charge is 2.15. The zero-order chi connectivity index (χ0) is 19.2. The molecule has 0 fully saturated rings. The molecule has 27 heavy (non-hydrogen) atoms. The summed E-state index contributed by atoms with van der Waals surface area (Å²) in [5.74, 6) is 1.02. The highest BCUT2D eigenvalue weighted by atomic mass is 32.1. The number of rotatable bonds is 7. The van der Waals surface area contributed by atoms with Crippen LogP contribution in [0.1, 0.15) is 25.8 Å². The normalized spacial score (nSPS) is 12.6. The Hall–Kier alpha value is -2.93. The van der Waals surface area contributed by atoms with Crippen LogP contribution in [0.5, 0.6) is 11.5 Å². The van der Waals surface area contributed by atoms with Crippen molar-refractivity contribution in [2.75, 3.05) is 6.61 Å². The van der Waals surface area contributed by atoms with Crippen LogP contribution in [0.4, 0.5) is 0 Å². The Morgan fingerprint density at radius 3 is 2.59 bits per heavy atom. The van der Waals surface area contributed by atoms with Gasteiger partial charge in [0.2, 0.25) is 0 Å². The van der Waals surface area contributed by atoms with Crippen molar-refractivity contribution in [1.29, 1.82) is 0 Å². The first kappa shape index (κ1) is 18.8. The van der Waals surface area contributed by atoms with Gasteiger partial charge in [0, 0.05) is 0 Å². The largest absolute Gasteiger partial charge is 0.494 e. The van der Waals surface area contributed by atoms with Gasteiger partial charge in [0.15, 0.2) is 6.10 Å². The van der Waals surface area contributed by atoms with E-state index >= 15 is 0 Å². The highest BCUT2D eigenvalue weighted by Crippen LogP contribution is 2.22. The first-order valence-corrected chi connectivity index (χ1v) is 9.48. The van der Waals surface area contributed by atoms with Gasteiger partial charge in [-0.25, -0.2) is 10.4 Å². The SMILES string of the molecule is CCOc1ccc(O[C@@H](C)C(=O)N/N=C(/C)c2nc3ccccc3s2)cc1. The quantitative estimate of drug-likeness (QED) is 0.494. The second kappa shape index (κ2) is 8.64. The Balaban J connectivity index is 1.59. The molecule has 1 aromatic heterocycles. The van der Waals surface area contributed by atoms with Gasteiger partial charge in [0.05, 0.1) is 22.5 Å². The monoisotopic (exact) mass is 383 g/mol. The van der Waals surface area contributed by atoms with E-state index in [0.29, 0.717) is 18.1 Å². The van der Waals surface area contributed by atoms with Gasteiger partial charge in [0.25, 0.3) is 5.91 Å². The molecule has 1 N–H and O–H groups in total. The number of hydrogen-bond donors (Lipinski definition) is 1. The molecule has 0 bridgehead atoms. The van der Waals surface area contributed by atoms with Crippen molar-refractivity contribution in [3.63, 3.8) is 0 Å². The first-order chi connectivity index (χ1) is 13.1. The highest BCUT2D eigenvalue weighted by molar-refractivity contribution is 7.20. The summed E-state index contributed by atoms with van der Waals surface area (Å²) >= 11 is 1.54. The van der Waals surface area contributed by atoms with Crippen molar-refractivity contribution in [2.45, 2.75) is 26.9 Å². The smallest absolute Gasteiger partial charge is 0.280 e. The minimum atomic E-state index is -0.685. The number of thiazole rings is 1. The van der Waals surface area contributed by atoms with Gasteiger partial charge in [-0.3, -0.25) is 4.79 Å². The number of amides is 1. The maximum Gasteiger partial charge on any atom is 0.280 e. The Morgan fingerprint density at radius 1 is 1.19 bits per heavy atom. The molecule has 1 atom stereocenters. The lowest BCUT2D eigenvalue weighted by atomic mass is 10.3. The fourth-order valence-corrected chi connectivity index (χ4v) is 3.25. The number of hydrogen-bond acceptors (Lipinski definition) is 6. The Kier molecular flexibility index (Phi) is 6.03. The molecule has 3 aromatic rings. The molecule has 0 aliphatic heterocycles. The second-order valence-corrected chi connectivity index (χ2v) is 6.86. The number of benzene rings is 2. The van der Waals surface area contributed by atoms with Crippen LogP contribution >= 0.6 is 11.3 Å². The number of carbonyl (C=O) groups is 1. The van der Waals surface area contributed by atoms with Gasteiger partial charge in [-0.2, -0.15) is 5.10 Å². The third-order valence-electron chi connectivity index (χ3n) is 3.75. The number of nitrogens with one attached hydrogen (secondary N) is 1. The summed E-state index contributed by atoms with van der Waals surface area (Å²) in [4.78, 5) is 16.8. The second-order valence-electron chi connectivity index (χ2n) is 5.82. The van der Waals surface area contributed by atoms with Gasteiger partial charge in [0.1, 0.15) is 16.5 Å². The van der Waals surface area contributed by atoms with Gasteiger partial charge >= 0.3 is 0 Å². The van der Waals surface area contributed by atoms with Crippen LogP contribution in [0.15, 0.2) is 53.6 Å². The van der Waals surface area contributed by atoms with Crippen LogP contribution in [0, 0.1) is 0 Å². The maximum absolute atomic E-state index is 12.2. The van der Waals surface area contributed by atoms with E-state index in [-0.39, 0.29) is 5.91 Å². The number of ether oxygens (including phenoxy) is 2. The van der Waals surface area contributed by atoms with E-state index in [4.69, 9.17) is 9.47 Å². The minimum Gasteiger partial charge on any atom is -0.494 e. The topological polar surface area (TPSA) is 72.8 Å². The molecule has 140 valence electrons. The molecule has 6 nitrogen and oxygen atoms in total. The summed E-state index contributed by atoms with van der Waals surface area (Å²) < 4.78 is 12.1. The van der Waals surface area contributed by atoms with E-state index in [1.165, 1.54) is 11.3 Å². The molecule has 0 unspecified atom stereocenters. The van der Waals surface area contributed by atoms with Crippen LogP contribution in [-0.2, 0) is 4.79 Å². The van der Waals surface area contributed by atoms with Crippen molar-refractivity contribution >= 4 is 33.2 Å². The summed E-state index contributed by atoms with van der Waals surface area (Å²) in [6.07, 6.45) is -0.685. The van der Waals surface area contributed by atoms with Gasteiger partial charge in [-0.15, -0.1) is 11.3 Å². The fourth-order valence-electron chi connectivity index (χ4n) is 2.34. The Labute approximate surface area is 161 Å². The molecule has 2 aromatic carbocycles. The predicted octanol–water partition coefficient (Wildman–Crippen LogP) is 4.00. The lowest BCUT2D eigenvalue weighted by Gasteiger charge is -2.13. The van der Waals surface area contributed by atoms with E-state index in [0.717, 1.165) is 21.0 Å². The molecule has 0 saturated carbocycles. The molecule has 0 radical (unpaired) electrons. The fraction of sp³-hybridized carbons (Fsp3) is 0.250. The number of nitrogens with zero attached hydrogens (tertiary/aromatic N) is 2. The molecule has 7 heteroatoms. The molecule has 3 rings (SSSR count). The number of aromatic nitrogens is 1. The lowest BCUT2D eigenvalue weighted by Crippen LogP contribution is -2.33. The minimum absolute atomic E-state index is 0.329. The number of hydrazone groups is 1. The van der Waals surface area contributed by atoms with Crippen molar-refractivity contribution in [3.05, 3.63) is 53.5 Å². The molecular weight excluding hydrogens is 362 g/mol.